The summed E-state index contributed by atoms with van der Waals surface area (Å²) in [4.78, 5) is 17.0. The Labute approximate surface area is 88.5 Å². The Balaban J connectivity index is 1.90. The summed E-state index contributed by atoms with van der Waals surface area (Å²) in [6.07, 6.45) is 1.93. The number of aromatic nitrogens is 2. The number of rotatable bonds is 3. The molecule has 1 aliphatic rings. The fourth-order valence-corrected chi connectivity index (χ4v) is 2.09. The van der Waals surface area contributed by atoms with Gasteiger partial charge in [-0.1, -0.05) is 0 Å². The van der Waals surface area contributed by atoms with Gasteiger partial charge in [0.25, 0.3) is 0 Å². The molecule has 1 aromatic heterocycles. The van der Waals surface area contributed by atoms with Gasteiger partial charge in [-0.2, -0.15) is 10.1 Å². The lowest BCUT2D eigenvalue weighted by Gasteiger charge is -2.19. The van der Waals surface area contributed by atoms with Crippen LogP contribution in [0.4, 0.5) is 0 Å². The van der Waals surface area contributed by atoms with Crippen molar-refractivity contribution < 1.29 is 4.52 Å². The summed E-state index contributed by atoms with van der Waals surface area (Å²) in [5.41, 5.74) is -0.385. The molecule has 84 valence electrons. The van der Waals surface area contributed by atoms with Gasteiger partial charge in [0.15, 0.2) is 0 Å². The van der Waals surface area contributed by atoms with Crippen molar-refractivity contribution in [1.29, 1.82) is 0 Å². The van der Waals surface area contributed by atoms with Crippen molar-refractivity contribution in [2.24, 2.45) is 5.92 Å². The first-order valence-corrected chi connectivity index (χ1v) is 5.43. The summed E-state index contributed by atoms with van der Waals surface area (Å²) in [6, 6.07) is 0.598. The fraction of sp³-hybridized carbons (Fsp3) is 0.800. The van der Waals surface area contributed by atoms with Crippen LogP contribution in [0, 0.1) is 5.92 Å². The third-order valence-corrected chi connectivity index (χ3v) is 2.99. The van der Waals surface area contributed by atoms with Crippen molar-refractivity contribution in [1.82, 2.24) is 15.0 Å². The van der Waals surface area contributed by atoms with Gasteiger partial charge in [0, 0.05) is 19.0 Å². The molecule has 1 unspecified atom stereocenters. The van der Waals surface area contributed by atoms with Crippen LogP contribution < -0.4 is 5.69 Å². The summed E-state index contributed by atoms with van der Waals surface area (Å²) in [5.74, 6) is 1.11. The number of aromatic amines is 1. The Hall–Kier alpha value is -1.10. The van der Waals surface area contributed by atoms with Gasteiger partial charge in [0.2, 0.25) is 5.89 Å². The zero-order valence-corrected chi connectivity index (χ0v) is 9.19. The second-order valence-electron chi connectivity index (χ2n) is 4.46. The van der Waals surface area contributed by atoms with E-state index in [0.717, 1.165) is 25.9 Å². The maximum atomic E-state index is 10.8. The highest BCUT2D eigenvalue weighted by molar-refractivity contribution is 4.85. The first kappa shape index (κ1) is 10.4. The van der Waals surface area contributed by atoms with Crippen molar-refractivity contribution in [3.8, 4) is 0 Å². The third-order valence-electron chi connectivity index (χ3n) is 2.99. The normalized spacial score (nSPS) is 22.7. The largest absolute Gasteiger partial charge is 0.377 e. The molecule has 1 aromatic rings. The molecule has 1 fully saturated rings. The molecule has 0 amide bonds. The lowest BCUT2D eigenvalue weighted by molar-refractivity contribution is 0.260. The molecule has 1 aliphatic heterocycles. The molecule has 0 spiro atoms. The molecule has 2 rings (SSSR count). The quantitative estimate of drug-likeness (QED) is 0.796. The summed E-state index contributed by atoms with van der Waals surface area (Å²) >= 11 is 0. The first-order chi connectivity index (χ1) is 7.15. The molecular weight excluding hydrogens is 194 g/mol. The topological polar surface area (TPSA) is 62.1 Å². The van der Waals surface area contributed by atoms with Crippen LogP contribution in [0.5, 0.6) is 0 Å². The molecule has 0 aliphatic carbocycles. The second-order valence-corrected chi connectivity index (χ2v) is 4.46. The zero-order valence-electron chi connectivity index (χ0n) is 9.19. The Kier molecular flexibility index (Phi) is 2.90. The van der Waals surface area contributed by atoms with Crippen LogP contribution in [-0.4, -0.2) is 34.2 Å². The molecule has 0 bridgehead atoms. The number of hydrogen-bond acceptors (Lipinski definition) is 4. The van der Waals surface area contributed by atoms with Gasteiger partial charge in [-0.3, -0.25) is 0 Å². The molecule has 2 heterocycles. The van der Waals surface area contributed by atoms with Crippen molar-refractivity contribution in [2.75, 3.05) is 13.1 Å². The minimum Gasteiger partial charge on any atom is -0.362 e. The van der Waals surface area contributed by atoms with Crippen LogP contribution in [0.2, 0.25) is 0 Å². The fourth-order valence-electron chi connectivity index (χ4n) is 2.09. The molecule has 0 aromatic carbocycles. The third kappa shape index (κ3) is 2.47. The van der Waals surface area contributed by atoms with E-state index in [4.69, 9.17) is 4.52 Å². The molecule has 0 radical (unpaired) electrons. The number of likely N-dealkylation sites (tertiary alicyclic amines) is 1. The number of H-pyrrole nitrogens is 1. The monoisotopic (exact) mass is 211 g/mol. The molecule has 15 heavy (non-hydrogen) atoms. The van der Waals surface area contributed by atoms with Crippen LogP contribution in [0.3, 0.4) is 0 Å². The number of nitrogens with one attached hydrogen (secondary N) is 1. The molecule has 0 saturated carbocycles. The standard InChI is InChI=1S/C10H17N3O2/c1-7(2)13-4-3-8(6-13)5-9-11-10(14)12-15-9/h7-8H,3-6H2,1-2H3,(H,12,14). The summed E-state index contributed by atoms with van der Waals surface area (Å²) in [6.45, 7) is 6.62. The molecule has 5 heteroatoms. The minimum absolute atomic E-state index is 0.385. The summed E-state index contributed by atoms with van der Waals surface area (Å²) in [5, 5.41) is 2.22. The Bertz CT molecular complexity index is 369. The summed E-state index contributed by atoms with van der Waals surface area (Å²) in [7, 11) is 0. The van der Waals surface area contributed by atoms with E-state index >= 15 is 0 Å². The van der Waals surface area contributed by atoms with Crippen molar-refractivity contribution in [2.45, 2.75) is 32.7 Å². The Morgan fingerprint density at radius 3 is 3.00 bits per heavy atom. The molecular formula is C10H17N3O2. The second kappa shape index (κ2) is 4.18. The van der Waals surface area contributed by atoms with Crippen LogP contribution in [0.15, 0.2) is 9.32 Å². The molecule has 1 N–H and O–H groups in total. The first-order valence-electron chi connectivity index (χ1n) is 5.43. The van der Waals surface area contributed by atoms with Crippen molar-refractivity contribution in [3.63, 3.8) is 0 Å². The minimum atomic E-state index is -0.385. The Morgan fingerprint density at radius 2 is 2.47 bits per heavy atom. The van der Waals surface area contributed by atoms with Crippen LogP contribution in [-0.2, 0) is 6.42 Å². The maximum Gasteiger partial charge on any atom is 0.377 e. The van der Waals surface area contributed by atoms with Gasteiger partial charge in [-0.05, 0) is 32.7 Å². The van der Waals surface area contributed by atoms with E-state index in [1.807, 2.05) is 0 Å². The van der Waals surface area contributed by atoms with E-state index in [-0.39, 0.29) is 5.69 Å². The van der Waals surface area contributed by atoms with Crippen LogP contribution in [0.1, 0.15) is 26.2 Å². The van der Waals surface area contributed by atoms with Crippen LogP contribution in [0.25, 0.3) is 0 Å². The van der Waals surface area contributed by atoms with Gasteiger partial charge in [0.1, 0.15) is 0 Å². The van der Waals surface area contributed by atoms with Gasteiger partial charge in [-0.15, -0.1) is 0 Å². The maximum absolute atomic E-state index is 10.8. The van der Waals surface area contributed by atoms with E-state index < -0.39 is 0 Å². The van der Waals surface area contributed by atoms with E-state index in [2.05, 4.69) is 28.9 Å². The zero-order chi connectivity index (χ0) is 10.8. The van der Waals surface area contributed by atoms with E-state index in [1.165, 1.54) is 0 Å². The SMILES string of the molecule is CC(C)N1CCC(Cc2nc(=O)[nH]o2)C1. The summed E-state index contributed by atoms with van der Waals surface area (Å²) < 4.78 is 4.95. The van der Waals surface area contributed by atoms with Crippen LogP contribution >= 0.6 is 0 Å². The predicted molar refractivity (Wildman–Crippen MR) is 55.6 cm³/mol. The van der Waals surface area contributed by atoms with Crippen molar-refractivity contribution in [3.05, 3.63) is 16.4 Å². The van der Waals surface area contributed by atoms with E-state index in [9.17, 15) is 4.79 Å². The van der Waals surface area contributed by atoms with Gasteiger partial charge < -0.3 is 9.42 Å². The van der Waals surface area contributed by atoms with E-state index in [0.29, 0.717) is 17.9 Å². The lowest BCUT2D eigenvalue weighted by atomic mass is 10.1. The number of nitrogens with zero attached hydrogens (tertiary/aromatic N) is 2. The molecule has 1 saturated heterocycles. The molecule has 1 atom stereocenters. The smallest absolute Gasteiger partial charge is 0.362 e. The number of hydrogen-bond donors (Lipinski definition) is 1. The average molecular weight is 211 g/mol. The Morgan fingerprint density at radius 1 is 1.67 bits per heavy atom. The molecule has 5 nitrogen and oxygen atoms in total. The average Bonchev–Trinajstić information content (AvgIpc) is 2.76. The van der Waals surface area contributed by atoms with Gasteiger partial charge in [-0.25, -0.2) is 4.79 Å². The van der Waals surface area contributed by atoms with Gasteiger partial charge >= 0.3 is 5.69 Å². The highest BCUT2D eigenvalue weighted by Gasteiger charge is 2.25. The van der Waals surface area contributed by atoms with Gasteiger partial charge in [0.05, 0.1) is 0 Å². The lowest BCUT2D eigenvalue weighted by Crippen LogP contribution is -2.28. The highest BCUT2D eigenvalue weighted by Crippen LogP contribution is 2.21. The highest BCUT2D eigenvalue weighted by atomic mass is 16.5. The van der Waals surface area contributed by atoms with Crippen molar-refractivity contribution >= 4 is 0 Å². The predicted octanol–water partition coefficient (Wildman–Crippen LogP) is 0.636. The van der Waals surface area contributed by atoms with E-state index in [1.54, 1.807) is 0 Å².